The molecule has 0 bridgehead atoms. The highest BCUT2D eigenvalue weighted by Gasteiger charge is 2.30. The summed E-state index contributed by atoms with van der Waals surface area (Å²) < 4.78 is 9.86. The van der Waals surface area contributed by atoms with Gasteiger partial charge in [-0.3, -0.25) is 0 Å². The molecule has 0 spiro atoms. The number of rotatable bonds is 3. The molecule has 0 aliphatic carbocycles. The highest BCUT2D eigenvalue weighted by molar-refractivity contribution is 5.72. The number of carbonyl (C=O) groups is 1. The van der Waals surface area contributed by atoms with Crippen LogP contribution in [0, 0.1) is 5.92 Å². The Labute approximate surface area is 65.1 Å². The SMILES string of the molecule is CO[C@@H](C(=O)O)[C@@H]1CCOC1. The molecular formula is C7H12O4. The maximum atomic E-state index is 10.5. The van der Waals surface area contributed by atoms with E-state index in [-0.39, 0.29) is 5.92 Å². The van der Waals surface area contributed by atoms with Crippen molar-refractivity contribution in [3.63, 3.8) is 0 Å². The third-order valence-corrected chi connectivity index (χ3v) is 1.89. The Kier molecular flexibility index (Phi) is 2.84. The van der Waals surface area contributed by atoms with Gasteiger partial charge in [-0.05, 0) is 6.42 Å². The molecule has 4 nitrogen and oxygen atoms in total. The zero-order valence-electron chi connectivity index (χ0n) is 6.45. The van der Waals surface area contributed by atoms with E-state index in [9.17, 15) is 4.79 Å². The lowest BCUT2D eigenvalue weighted by Crippen LogP contribution is -2.31. The second-order valence-corrected chi connectivity index (χ2v) is 2.62. The maximum absolute atomic E-state index is 10.5. The zero-order valence-corrected chi connectivity index (χ0v) is 6.45. The summed E-state index contributed by atoms with van der Waals surface area (Å²) in [4.78, 5) is 10.5. The van der Waals surface area contributed by atoms with Gasteiger partial charge in [-0.15, -0.1) is 0 Å². The summed E-state index contributed by atoms with van der Waals surface area (Å²) in [7, 11) is 1.41. The van der Waals surface area contributed by atoms with Crippen LogP contribution in [0.3, 0.4) is 0 Å². The van der Waals surface area contributed by atoms with Crippen molar-refractivity contribution < 1.29 is 19.4 Å². The highest BCUT2D eigenvalue weighted by Crippen LogP contribution is 2.18. The molecule has 4 heteroatoms. The molecule has 1 heterocycles. The van der Waals surface area contributed by atoms with Crippen LogP contribution in [0.1, 0.15) is 6.42 Å². The number of carboxylic acids is 1. The van der Waals surface area contributed by atoms with Crippen LogP contribution in [0.15, 0.2) is 0 Å². The molecule has 0 aromatic rings. The van der Waals surface area contributed by atoms with Gasteiger partial charge in [0, 0.05) is 19.6 Å². The van der Waals surface area contributed by atoms with Crippen LogP contribution < -0.4 is 0 Å². The van der Waals surface area contributed by atoms with E-state index >= 15 is 0 Å². The number of methoxy groups -OCH3 is 1. The first kappa shape index (κ1) is 8.49. The van der Waals surface area contributed by atoms with E-state index < -0.39 is 12.1 Å². The molecule has 1 rings (SSSR count). The fraction of sp³-hybridized carbons (Fsp3) is 0.857. The van der Waals surface area contributed by atoms with Crippen molar-refractivity contribution in [2.45, 2.75) is 12.5 Å². The van der Waals surface area contributed by atoms with Gasteiger partial charge in [0.15, 0.2) is 6.10 Å². The third-order valence-electron chi connectivity index (χ3n) is 1.89. The van der Waals surface area contributed by atoms with Crippen LogP contribution in [-0.2, 0) is 14.3 Å². The molecule has 2 atom stereocenters. The van der Waals surface area contributed by atoms with Crippen molar-refractivity contribution in [2.75, 3.05) is 20.3 Å². The minimum absolute atomic E-state index is 0.0255. The van der Waals surface area contributed by atoms with Gasteiger partial charge >= 0.3 is 5.97 Å². The highest BCUT2D eigenvalue weighted by atomic mass is 16.5. The largest absolute Gasteiger partial charge is 0.479 e. The molecule has 0 amide bonds. The van der Waals surface area contributed by atoms with Crippen LogP contribution >= 0.6 is 0 Å². The van der Waals surface area contributed by atoms with Gasteiger partial charge in [0.25, 0.3) is 0 Å². The Morgan fingerprint density at radius 1 is 1.82 bits per heavy atom. The van der Waals surface area contributed by atoms with Crippen molar-refractivity contribution in [3.8, 4) is 0 Å². The topological polar surface area (TPSA) is 55.8 Å². The molecule has 0 saturated carbocycles. The monoisotopic (exact) mass is 160 g/mol. The molecular weight excluding hydrogens is 148 g/mol. The van der Waals surface area contributed by atoms with Gasteiger partial charge < -0.3 is 14.6 Å². The number of hydrogen-bond donors (Lipinski definition) is 1. The van der Waals surface area contributed by atoms with Crippen LogP contribution in [0.2, 0.25) is 0 Å². The minimum Gasteiger partial charge on any atom is -0.479 e. The van der Waals surface area contributed by atoms with E-state index in [0.29, 0.717) is 13.2 Å². The van der Waals surface area contributed by atoms with Crippen LogP contribution in [0.4, 0.5) is 0 Å². The smallest absolute Gasteiger partial charge is 0.333 e. The fourth-order valence-electron chi connectivity index (χ4n) is 1.29. The van der Waals surface area contributed by atoms with Crippen molar-refractivity contribution >= 4 is 5.97 Å². The summed E-state index contributed by atoms with van der Waals surface area (Å²) in [6.45, 7) is 1.16. The zero-order chi connectivity index (χ0) is 8.27. The first-order valence-corrected chi connectivity index (χ1v) is 3.59. The molecule has 1 saturated heterocycles. The van der Waals surface area contributed by atoms with Gasteiger partial charge in [0.1, 0.15) is 0 Å². The second-order valence-electron chi connectivity index (χ2n) is 2.62. The summed E-state index contributed by atoms with van der Waals surface area (Å²) in [6.07, 6.45) is 0.0858. The predicted octanol–water partition coefficient (Wildman–Crippen LogP) is 0.122. The molecule has 1 N–H and O–H groups in total. The second kappa shape index (κ2) is 3.69. The van der Waals surface area contributed by atoms with Gasteiger partial charge in [-0.25, -0.2) is 4.79 Å². The Morgan fingerprint density at radius 2 is 2.55 bits per heavy atom. The molecule has 0 aromatic heterocycles. The third kappa shape index (κ3) is 1.91. The van der Waals surface area contributed by atoms with Crippen molar-refractivity contribution in [3.05, 3.63) is 0 Å². The first-order valence-electron chi connectivity index (χ1n) is 3.59. The fourth-order valence-corrected chi connectivity index (χ4v) is 1.29. The Balaban J connectivity index is 2.46. The number of carboxylic acid groups (broad SMARTS) is 1. The van der Waals surface area contributed by atoms with Gasteiger partial charge in [0.05, 0.1) is 6.61 Å². The van der Waals surface area contributed by atoms with Crippen LogP contribution in [-0.4, -0.2) is 37.5 Å². The molecule has 1 aliphatic rings. The average molecular weight is 160 g/mol. The van der Waals surface area contributed by atoms with Crippen molar-refractivity contribution in [1.82, 2.24) is 0 Å². The summed E-state index contributed by atoms with van der Waals surface area (Å²) in [5.74, 6) is -0.875. The number of hydrogen-bond acceptors (Lipinski definition) is 3. The quantitative estimate of drug-likeness (QED) is 0.637. The van der Waals surface area contributed by atoms with E-state index in [1.54, 1.807) is 0 Å². The molecule has 0 radical (unpaired) electrons. The Bertz CT molecular complexity index is 139. The van der Waals surface area contributed by atoms with E-state index in [2.05, 4.69) is 0 Å². The summed E-state index contributed by atoms with van der Waals surface area (Å²) >= 11 is 0. The van der Waals surface area contributed by atoms with Crippen molar-refractivity contribution in [2.24, 2.45) is 5.92 Å². The molecule has 1 aliphatic heterocycles. The average Bonchev–Trinajstić information content (AvgIpc) is 2.40. The maximum Gasteiger partial charge on any atom is 0.333 e. The molecule has 0 unspecified atom stereocenters. The molecule has 11 heavy (non-hydrogen) atoms. The summed E-state index contributed by atoms with van der Waals surface area (Å²) in [6, 6.07) is 0. The first-order chi connectivity index (χ1) is 5.25. The van der Waals surface area contributed by atoms with Crippen molar-refractivity contribution in [1.29, 1.82) is 0 Å². The van der Waals surface area contributed by atoms with E-state index in [1.807, 2.05) is 0 Å². The van der Waals surface area contributed by atoms with E-state index in [4.69, 9.17) is 14.6 Å². The van der Waals surface area contributed by atoms with Gasteiger partial charge in [0.2, 0.25) is 0 Å². The lowest BCUT2D eigenvalue weighted by atomic mass is 10.0. The molecule has 64 valence electrons. The van der Waals surface area contributed by atoms with Crippen LogP contribution in [0.5, 0.6) is 0 Å². The Morgan fingerprint density at radius 3 is 2.91 bits per heavy atom. The molecule has 1 fully saturated rings. The standard InChI is InChI=1S/C7H12O4/c1-10-6(7(8)9)5-2-3-11-4-5/h5-6H,2-4H2,1H3,(H,8,9)/t5-,6-/m1/s1. The lowest BCUT2D eigenvalue weighted by molar-refractivity contribution is -0.151. The lowest BCUT2D eigenvalue weighted by Gasteiger charge is -2.15. The molecule has 0 aromatic carbocycles. The van der Waals surface area contributed by atoms with Gasteiger partial charge in [-0.2, -0.15) is 0 Å². The minimum atomic E-state index is -0.900. The van der Waals surface area contributed by atoms with E-state index in [0.717, 1.165) is 6.42 Å². The number of ether oxygens (including phenoxy) is 2. The van der Waals surface area contributed by atoms with Gasteiger partial charge in [-0.1, -0.05) is 0 Å². The normalized spacial score (nSPS) is 26.8. The summed E-state index contributed by atoms with van der Waals surface area (Å²) in [5, 5.41) is 8.65. The summed E-state index contributed by atoms with van der Waals surface area (Å²) in [5.41, 5.74) is 0. The Hall–Kier alpha value is -0.610. The van der Waals surface area contributed by atoms with E-state index in [1.165, 1.54) is 7.11 Å². The predicted molar refractivity (Wildman–Crippen MR) is 37.4 cm³/mol. The number of aliphatic carboxylic acids is 1. The van der Waals surface area contributed by atoms with Crippen LogP contribution in [0.25, 0.3) is 0 Å².